The van der Waals surface area contributed by atoms with Crippen LogP contribution in [0.15, 0.2) is 36.5 Å². The van der Waals surface area contributed by atoms with Gasteiger partial charge >= 0.3 is 5.97 Å². The molecule has 138 valence electrons. The average molecular weight is 358 g/mol. The fraction of sp³-hybridized carbons (Fsp3) is 0.316. The molecule has 2 rings (SSSR count). The molecule has 2 aromatic rings. The minimum atomic E-state index is -1.11. The highest BCUT2D eigenvalue weighted by atomic mass is 16.5. The Kier molecular flexibility index (Phi) is 6.96. The summed E-state index contributed by atoms with van der Waals surface area (Å²) in [6.45, 7) is 2.96. The van der Waals surface area contributed by atoms with E-state index in [9.17, 15) is 9.59 Å². The van der Waals surface area contributed by atoms with Crippen molar-refractivity contribution in [2.45, 2.75) is 26.3 Å². The number of carboxylic acids is 1. The minimum absolute atomic E-state index is 0.0143. The molecule has 7 heteroatoms. The van der Waals surface area contributed by atoms with Gasteiger partial charge in [-0.25, -0.2) is 4.79 Å². The number of rotatable bonds is 9. The third kappa shape index (κ3) is 5.20. The predicted molar refractivity (Wildman–Crippen MR) is 95.8 cm³/mol. The summed E-state index contributed by atoms with van der Waals surface area (Å²) in [4.78, 5) is 27.0. The Labute approximate surface area is 152 Å². The van der Waals surface area contributed by atoms with Crippen LogP contribution in [-0.2, 0) is 6.54 Å². The molecule has 1 aromatic carbocycles. The van der Waals surface area contributed by atoms with Crippen molar-refractivity contribution in [1.29, 1.82) is 0 Å². The van der Waals surface area contributed by atoms with Crippen LogP contribution in [0.2, 0.25) is 0 Å². The van der Waals surface area contributed by atoms with Crippen molar-refractivity contribution < 1.29 is 24.2 Å². The highest BCUT2D eigenvalue weighted by Crippen LogP contribution is 2.28. The summed E-state index contributed by atoms with van der Waals surface area (Å²) in [6.07, 6.45) is 3.30. The quantitative estimate of drug-likeness (QED) is 0.669. The second-order valence-electron chi connectivity index (χ2n) is 5.60. The fourth-order valence-electron chi connectivity index (χ4n) is 2.23. The summed E-state index contributed by atoms with van der Waals surface area (Å²) in [6, 6.07) is 8.01. The highest BCUT2D eigenvalue weighted by Gasteiger charge is 2.12. The van der Waals surface area contributed by atoms with Gasteiger partial charge in [-0.15, -0.1) is 0 Å². The van der Waals surface area contributed by atoms with Gasteiger partial charge in [0.05, 0.1) is 19.3 Å². The average Bonchev–Trinajstić information content (AvgIpc) is 2.66. The molecule has 0 fully saturated rings. The van der Waals surface area contributed by atoms with Crippen LogP contribution in [0.3, 0.4) is 0 Å². The molecule has 0 aliphatic rings. The molecule has 26 heavy (non-hydrogen) atoms. The first-order valence-corrected chi connectivity index (χ1v) is 8.32. The lowest BCUT2D eigenvalue weighted by Crippen LogP contribution is -2.24. The van der Waals surface area contributed by atoms with Gasteiger partial charge in [-0.3, -0.25) is 9.78 Å². The van der Waals surface area contributed by atoms with Crippen LogP contribution in [0.5, 0.6) is 11.5 Å². The predicted octanol–water partition coefficient (Wildman–Crippen LogP) is 2.90. The number of nitrogens with zero attached hydrogens (tertiary/aromatic N) is 1. The molecule has 0 atom stereocenters. The number of benzene rings is 1. The molecule has 0 bridgehead atoms. The van der Waals surface area contributed by atoms with Crippen LogP contribution in [0.25, 0.3) is 0 Å². The fourth-order valence-corrected chi connectivity index (χ4v) is 2.23. The molecule has 0 saturated heterocycles. The molecule has 2 N–H and O–H groups in total. The molecule has 0 saturated carbocycles. The lowest BCUT2D eigenvalue weighted by atomic mass is 10.2. The number of ether oxygens (including phenoxy) is 2. The second kappa shape index (κ2) is 9.41. The van der Waals surface area contributed by atoms with Crippen molar-refractivity contribution in [2.75, 3.05) is 13.7 Å². The van der Waals surface area contributed by atoms with E-state index in [1.807, 2.05) is 6.07 Å². The summed E-state index contributed by atoms with van der Waals surface area (Å²) in [7, 11) is 1.56. The smallest absolute Gasteiger partial charge is 0.335 e. The van der Waals surface area contributed by atoms with Crippen LogP contribution >= 0.6 is 0 Å². The van der Waals surface area contributed by atoms with Gasteiger partial charge in [-0.05, 0) is 36.2 Å². The lowest BCUT2D eigenvalue weighted by Gasteiger charge is -2.12. The first-order chi connectivity index (χ1) is 12.5. The van der Waals surface area contributed by atoms with Gasteiger partial charge in [-0.1, -0.05) is 19.4 Å². The van der Waals surface area contributed by atoms with Crippen molar-refractivity contribution in [3.8, 4) is 11.5 Å². The van der Waals surface area contributed by atoms with Crippen LogP contribution in [0.4, 0.5) is 0 Å². The topological polar surface area (TPSA) is 97.8 Å². The zero-order valence-electron chi connectivity index (χ0n) is 14.8. The van der Waals surface area contributed by atoms with Crippen molar-refractivity contribution in [3.05, 3.63) is 53.3 Å². The summed E-state index contributed by atoms with van der Waals surface area (Å²) in [5.74, 6) is -0.300. The zero-order valence-corrected chi connectivity index (χ0v) is 14.8. The first kappa shape index (κ1) is 19.2. The molecule has 0 spiro atoms. The van der Waals surface area contributed by atoms with Gasteiger partial charge in [0, 0.05) is 12.7 Å². The number of aromatic carboxylic acids is 1. The van der Waals surface area contributed by atoms with Gasteiger partial charge in [0.15, 0.2) is 11.5 Å². The molecule has 1 aromatic heterocycles. The maximum absolute atomic E-state index is 12.2. The second-order valence-corrected chi connectivity index (χ2v) is 5.60. The van der Waals surface area contributed by atoms with E-state index in [1.54, 1.807) is 19.2 Å². The lowest BCUT2D eigenvalue weighted by molar-refractivity contribution is 0.0696. The Balaban J connectivity index is 2.01. The molecule has 0 aliphatic carbocycles. The Bertz CT molecular complexity index is 776. The summed E-state index contributed by atoms with van der Waals surface area (Å²) in [5.41, 5.74) is 0.893. The van der Waals surface area contributed by atoms with Gasteiger partial charge in [0.2, 0.25) is 0 Å². The number of nitrogens with one attached hydrogen (secondary N) is 1. The van der Waals surface area contributed by atoms with Gasteiger partial charge in [0.1, 0.15) is 5.69 Å². The first-order valence-electron chi connectivity index (χ1n) is 8.32. The number of pyridine rings is 1. The Morgan fingerprint density at radius 2 is 2.00 bits per heavy atom. The molecule has 0 unspecified atom stereocenters. The maximum atomic E-state index is 12.2. The maximum Gasteiger partial charge on any atom is 0.335 e. The van der Waals surface area contributed by atoms with E-state index in [0.29, 0.717) is 18.1 Å². The Morgan fingerprint density at radius 3 is 2.69 bits per heavy atom. The largest absolute Gasteiger partial charge is 0.493 e. The van der Waals surface area contributed by atoms with Crippen LogP contribution < -0.4 is 14.8 Å². The number of carboxylic acid groups (broad SMARTS) is 1. The number of hydrogen-bond donors (Lipinski definition) is 2. The number of unbranched alkanes of at least 4 members (excludes halogenated alkanes) is 1. The van der Waals surface area contributed by atoms with Crippen LogP contribution in [-0.4, -0.2) is 35.7 Å². The van der Waals surface area contributed by atoms with E-state index in [0.717, 1.165) is 18.4 Å². The molecule has 0 radical (unpaired) electrons. The summed E-state index contributed by atoms with van der Waals surface area (Å²) >= 11 is 0. The number of methoxy groups -OCH3 is 1. The third-order valence-electron chi connectivity index (χ3n) is 3.68. The van der Waals surface area contributed by atoms with E-state index >= 15 is 0 Å². The SMILES string of the molecule is CCCCOc1ccc(CNC(=O)c2cc(C(=O)O)ccn2)cc1OC. The van der Waals surface area contributed by atoms with Crippen molar-refractivity contribution in [1.82, 2.24) is 10.3 Å². The third-order valence-corrected chi connectivity index (χ3v) is 3.68. The molecule has 1 amide bonds. The Morgan fingerprint density at radius 1 is 1.19 bits per heavy atom. The molecule has 7 nitrogen and oxygen atoms in total. The summed E-state index contributed by atoms with van der Waals surface area (Å²) < 4.78 is 11.0. The molecule has 0 aliphatic heterocycles. The number of carbonyl (C=O) groups is 2. The van der Waals surface area contributed by atoms with Gasteiger partial charge in [-0.2, -0.15) is 0 Å². The van der Waals surface area contributed by atoms with Crippen molar-refractivity contribution >= 4 is 11.9 Å². The van der Waals surface area contributed by atoms with E-state index in [-0.39, 0.29) is 17.8 Å². The van der Waals surface area contributed by atoms with Crippen molar-refractivity contribution in [3.63, 3.8) is 0 Å². The monoisotopic (exact) mass is 358 g/mol. The standard InChI is InChI=1S/C19H22N2O5/c1-3-4-9-26-16-6-5-13(10-17(16)25-2)12-21-18(22)15-11-14(19(23)24)7-8-20-15/h5-8,10-11H,3-4,9,12H2,1-2H3,(H,21,22)(H,23,24). The highest BCUT2D eigenvalue weighted by molar-refractivity contribution is 5.95. The number of aromatic nitrogens is 1. The normalized spacial score (nSPS) is 10.2. The van der Waals surface area contributed by atoms with Crippen molar-refractivity contribution in [2.24, 2.45) is 0 Å². The van der Waals surface area contributed by atoms with E-state index in [1.165, 1.54) is 18.3 Å². The summed E-state index contributed by atoms with van der Waals surface area (Å²) in [5, 5.41) is 11.7. The van der Waals surface area contributed by atoms with Gasteiger partial charge < -0.3 is 19.9 Å². The van der Waals surface area contributed by atoms with Crippen LogP contribution in [0.1, 0.15) is 46.2 Å². The molecular formula is C19H22N2O5. The minimum Gasteiger partial charge on any atom is -0.493 e. The van der Waals surface area contributed by atoms with Crippen LogP contribution in [0, 0.1) is 0 Å². The zero-order chi connectivity index (χ0) is 18.9. The number of carbonyl (C=O) groups excluding carboxylic acids is 1. The van der Waals surface area contributed by atoms with E-state index in [4.69, 9.17) is 14.6 Å². The number of hydrogen-bond acceptors (Lipinski definition) is 5. The number of amides is 1. The molecular weight excluding hydrogens is 336 g/mol. The Hall–Kier alpha value is -3.09. The van der Waals surface area contributed by atoms with Gasteiger partial charge in [0.25, 0.3) is 5.91 Å². The van der Waals surface area contributed by atoms with E-state index < -0.39 is 11.9 Å². The van der Waals surface area contributed by atoms with E-state index in [2.05, 4.69) is 17.2 Å². The molecule has 1 heterocycles.